The Labute approximate surface area is 306 Å². The van der Waals surface area contributed by atoms with Gasteiger partial charge in [0.05, 0.1) is 16.7 Å². The van der Waals surface area contributed by atoms with E-state index in [0.717, 1.165) is 49.9 Å². The molecule has 248 valence electrons. The summed E-state index contributed by atoms with van der Waals surface area (Å²) in [5, 5.41) is 9.65. The fourth-order valence-corrected chi connectivity index (χ4v) is 8.43. The highest BCUT2D eigenvalue weighted by atomic mass is 15.0. The number of benzene rings is 9. The molecule has 0 N–H and O–H groups in total. The second-order valence-electron chi connectivity index (χ2n) is 13.8. The van der Waals surface area contributed by atoms with E-state index in [2.05, 4.69) is 214 Å². The molecule has 9 aromatic carbocycles. The van der Waals surface area contributed by atoms with Gasteiger partial charge < -0.3 is 13.7 Å². The average molecular weight is 676 g/mol. The highest BCUT2D eigenvalue weighted by Gasteiger charge is 2.17. The third-order valence-corrected chi connectivity index (χ3v) is 10.8. The molecule has 11 aromatic rings. The number of hydrogen-bond acceptors (Lipinski definition) is 0. The lowest BCUT2D eigenvalue weighted by atomic mass is 10.0. The molecule has 0 atom stereocenters. The maximum atomic E-state index is 2.46. The van der Waals surface area contributed by atoms with E-state index in [0.29, 0.717) is 0 Å². The smallest absolute Gasteiger partial charge is 0.0782 e. The van der Waals surface area contributed by atoms with Crippen LogP contribution in [0.3, 0.4) is 0 Å². The van der Waals surface area contributed by atoms with Gasteiger partial charge in [0.2, 0.25) is 0 Å². The maximum Gasteiger partial charge on any atom is 0.0782 e. The summed E-state index contributed by atoms with van der Waals surface area (Å²) in [4.78, 5) is 0. The van der Waals surface area contributed by atoms with E-state index in [-0.39, 0.29) is 0 Å². The van der Waals surface area contributed by atoms with Crippen molar-refractivity contribution < 1.29 is 0 Å². The Hall–Kier alpha value is -7.10. The lowest BCUT2D eigenvalue weighted by Gasteiger charge is -2.17. The summed E-state index contributed by atoms with van der Waals surface area (Å²) in [7, 11) is 0. The van der Waals surface area contributed by atoms with Crippen molar-refractivity contribution in [1.29, 1.82) is 0 Å². The van der Waals surface area contributed by atoms with Gasteiger partial charge in [0.25, 0.3) is 0 Å². The highest BCUT2D eigenvalue weighted by molar-refractivity contribution is 6.13. The van der Waals surface area contributed by atoms with Crippen molar-refractivity contribution in [3.05, 3.63) is 200 Å². The molecule has 2 aromatic heterocycles. The lowest BCUT2D eigenvalue weighted by Crippen LogP contribution is -2.02. The first-order chi connectivity index (χ1) is 26.3. The van der Waals surface area contributed by atoms with Gasteiger partial charge in [0.1, 0.15) is 0 Å². The summed E-state index contributed by atoms with van der Waals surface area (Å²) in [5.41, 5.74) is 10.2. The first-order valence-corrected chi connectivity index (χ1v) is 18.2. The van der Waals surface area contributed by atoms with Crippen LogP contribution in [0.25, 0.3) is 93.3 Å². The van der Waals surface area contributed by atoms with Crippen molar-refractivity contribution in [3.63, 3.8) is 0 Å². The third kappa shape index (κ3) is 4.68. The van der Waals surface area contributed by atoms with Crippen molar-refractivity contribution in [2.24, 2.45) is 0 Å². The Morgan fingerprint density at radius 3 is 1.42 bits per heavy atom. The molecule has 8 bridgehead atoms. The molecule has 0 aliphatic carbocycles. The minimum atomic E-state index is 1.10. The molecule has 2 heterocycles. The molecular formula is C50H33N3. The molecule has 0 amide bonds. The lowest BCUT2D eigenvalue weighted by molar-refractivity contribution is 1.12. The van der Waals surface area contributed by atoms with E-state index in [9.17, 15) is 0 Å². The first kappa shape index (κ1) is 29.6. The Morgan fingerprint density at radius 1 is 0.264 bits per heavy atom. The molecular weight excluding hydrogens is 643 g/mol. The number of nitrogens with zero attached hydrogens (tertiary/aromatic N) is 3. The number of rotatable bonds is 3. The molecule has 0 fully saturated rings. The van der Waals surface area contributed by atoms with Crippen LogP contribution in [-0.2, 0) is 0 Å². The van der Waals surface area contributed by atoms with Crippen LogP contribution in [0.15, 0.2) is 200 Å². The van der Waals surface area contributed by atoms with E-state index < -0.39 is 0 Å². The van der Waals surface area contributed by atoms with E-state index in [4.69, 9.17) is 0 Å². The van der Waals surface area contributed by atoms with Gasteiger partial charge in [-0.05, 0) is 117 Å². The van der Waals surface area contributed by atoms with Crippen LogP contribution in [0.2, 0.25) is 0 Å². The van der Waals surface area contributed by atoms with Gasteiger partial charge in [0.15, 0.2) is 0 Å². The number of fused-ring (bicyclic) bond motifs is 10. The van der Waals surface area contributed by atoms with Crippen molar-refractivity contribution in [1.82, 2.24) is 13.7 Å². The SMILES string of the molecule is c1ccc(-n2c3cccc(c3)c3cccc(c3)n(-c3cccc4c5ccccc5n(-c5ccccc5)c34)c3ccc4ccc5ccc2cc5c4c3)cc1. The van der Waals surface area contributed by atoms with Gasteiger partial charge in [-0.25, -0.2) is 0 Å². The summed E-state index contributed by atoms with van der Waals surface area (Å²) in [5.74, 6) is 0. The van der Waals surface area contributed by atoms with Crippen LogP contribution < -0.4 is 0 Å². The predicted octanol–water partition coefficient (Wildman–Crippen LogP) is 13.3. The fraction of sp³-hybridized carbons (Fsp3) is 0. The molecule has 3 nitrogen and oxygen atoms in total. The number of para-hydroxylation sites is 4. The van der Waals surface area contributed by atoms with Crippen molar-refractivity contribution in [2.45, 2.75) is 0 Å². The zero-order valence-electron chi connectivity index (χ0n) is 28.9. The van der Waals surface area contributed by atoms with Crippen LogP contribution in [0.1, 0.15) is 0 Å². The molecule has 0 saturated heterocycles. The van der Waals surface area contributed by atoms with Crippen LogP contribution in [-0.4, -0.2) is 13.7 Å². The number of aromatic nitrogens is 3. The zero-order valence-corrected chi connectivity index (χ0v) is 28.9. The molecule has 0 aliphatic heterocycles. The monoisotopic (exact) mass is 675 g/mol. The Balaban J connectivity index is 1.37. The zero-order chi connectivity index (χ0) is 34.9. The van der Waals surface area contributed by atoms with Gasteiger partial charge >= 0.3 is 0 Å². The van der Waals surface area contributed by atoms with Crippen LogP contribution in [0.5, 0.6) is 0 Å². The molecule has 0 spiro atoms. The predicted molar refractivity (Wildman–Crippen MR) is 225 cm³/mol. The summed E-state index contributed by atoms with van der Waals surface area (Å²) in [6.07, 6.45) is 0. The summed E-state index contributed by atoms with van der Waals surface area (Å²) in [6, 6.07) is 73.2. The van der Waals surface area contributed by atoms with Crippen LogP contribution in [0, 0.1) is 0 Å². The summed E-state index contributed by atoms with van der Waals surface area (Å²) < 4.78 is 7.26. The Bertz CT molecular complexity index is 3270. The molecule has 0 aliphatic rings. The van der Waals surface area contributed by atoms with E-state index in [1.165, 1.54) is 43.4 Å². The highest BCUT2D eigenvalue weighted by Crippen LogP contribution is 2.38. The van der Waals surface area contributed by atoms with Gasteiger partial charge in [-0.2, -0.15) is 0 Å². The van der Waals surface area contributed by atoms with Gasteiger partial charge in [-0.1, -0.05) is 115 Å². The van der Waals surface area contributed by atoms with Crippen LogP contribution in [0.4, 0.5) is 0 Å². The van der Waals surface area contributed by atoms with Crippen LogP contribution >= 0.6 is 0 Å². The molecule has 3 heteroatoms. The Morgan fingerprint density at radius 2 is 0.755 bits per heavy atom. The minimum Gasteiger partial charge on any atom is -0.310 e. The van der Waals surface area contributed by atoms with Crippen molar-refractivity contribution >= 4 is 76.2 Å². The normalized spacial score (nSPS) is 11.8. The van der Waals surface area contributed by atoms with E-state index >= 15 is 0 Å². The number of hydrogen-bond donors (Lipinski definition) is 0. The largest absolute Gasteiger partial charge is 0.310 e. The molecule has 0 unspecified atom stereocenters. The average Bonchev–Trinajstić information content (AvgIpc) is 3.57. The summed E-state index contributed by atoms with van der Waals surface area (Å²) >= 11 is 0. The second-order valence-corrected chi connectivity index (χ2v) is 13.8. The van der Waals surface area contributed by atoms with Gasteiger partial charge in [0, 0.05) is 44.2 Å². The van der Waals surface area contributed by atoms with E-state index in [1.54, 1.807) is 0 Å². The van der Waals surface area contributed by atoms with Gasteiger partial charge in [-0.3, -0.25) is 0 Å². The summed E-state index contributed by atoms with van der Waals surface area (Å²) in [6.45, 7) is 0. The third-order valence-electron chi connectivity index (χ3n) is 10.8. The second kappa shape index (κ2) is 11.7. The van der Waals surface area contributed by atoms with Crippen molar-refractivity contribution in [3.8, 4) is 17.1 Å². The minimum absolute atomic E-state index is 1.10. The Kier molecular flexibility index (Phi) is 6.55. The van der Waals surface area contributed by atoms with Crippen molar-refractivity contribution in [2.75, 3.05) is 0 Å². The first-order valence-electron chi connectivity index (χ1n) is 18.2. The molecule has 0 radical (unpaired) electrons. The standard InChI is InChI=1S/C50H33N3/c1-3-14-38(15-4-1)51-40-18-9-12-36(30-40)37-13-10-19-41(31-37)52(43-29-27-35-25-24-34-26-28-42(51)32-46(34)47(35)33-43)49-23-11-21-45-44-20-7-8-22-48(44)53(50(45)49)39-16-5-2-6-17-39/h1-33H. The molecule has 53 heavy (non-hydrogen) atoms. The topological polar surface area (TPSA) is 14.8 Å². The molecule has 11 rings (SSSR count). The van der Waals surface area contributed by atoms with Gasteiger partial charge in [-0.15, -0.1) is 0 Å². The fourth-order valence-electron chi connectivity index (χ4n) is 8.43. The molecule has 0 saturated carbocycles. The van der Waals surface area contributed by atoms with E-state index in [1.807, 2.05) is 0 Å². The quantitative estimate of drug-likeness (QED) is 0.166. The maximum absolute atomic E-state index is 2.46.